The van der Waals surface area contributed by atoms with Gasteiger partial charge in [0.15, 0.2) is 0 Å². The van der Waals surface area contributed by atoms with E-state index in [4.69, 9.17) is 16.3 Å². The second-order valence-corrected chi connectivity index (χ2v) is 5.32. The molecule has 5 nitrogen and oxygen atoms in total. The molecule has 1 aromatic heterocycles. The van der Waals surface area contributed by atoms with E-state index in [9.17, 15) is 0 Å². The molecule has 18 heavy (non-hydrogen) atoms. The van der Waals surface area contributed by atoms with Gasteiger partial charge in [-0.15, -0.1) is 0 Å². The summed E-state index contributed by atoms with van der Waals surface area (Å²) in [4.78, 5) is 12.1. The molecule has 0 fully saturated rings. The monoisotopic (exact) mass is 272 g/mol. The SMILES string of the molecule is CC(C)Oc1nc(Cl)nc(NCC(C)C(C)C)n1. The first kappa shape index (κ1) is 15.0. The predicted molar refractivity (Wildman–Crippen MR) is 73.1 cm³/mol. The van der Waals surface area contributed by atoms with Crippen molar-refractivity contribution in [3.05, 3.63) is 5.28 Å². The van der Waals surface area contributed by atoms with Crippen molar-refractivity contribution < 1.29 is 4.74 Å². The Labute approximate surface area is 113 Å². The van der Waals surface area contributed by atoms with Crippen LogP contribution in [0.15, 0.2) is 0 Å². The molecule has 1 rings (SSSR count). The van der Waals surface area contributed by atoms with Crippen molar-refractivity contribution in [3.8, 4) is 6.01 Å². The molecule has 1 heterocycles. The number of rotatable bonds is 6. The van der Waals surface area contributed by atoms with Crippen LogP contribution in [0.2, 0.25) is 5.28 Å². The van der Waals surface area contributed by atoms with E-state index in [0.29, 0.717) is 17.8 Å². The maximum atomic E-state index is 5.83. The summed E-state index contributed by atoms with van der Waals surface area (Å²) in [5, 5.41) is 3.29. The lowest BCUT2D eigenvalue weighted by atomic mass is 9.98. The predicted octanol–water partition coefficient (Wildman–Crippen LogP) is 3.02. The number of anilines is 1. The molecular formula is C12H21ClN4O. The molecule has 0 spiro atoms. The second kappa shape index (κ2) is 6.73. The smallest absolute Gasteiger partial charge is 0.322 e. The lowest BCUT2D eigenvalue weighted by Crippen LogP contribution is -2.18. The van der Waals surface area contributed by atoms with Crippen molar-refractivity contribution >= 4 is 17.5 Å². The van der Waals surface area contributed by atoms with E-state index in [-0.39, 0.29) is 17.4 Å². The van der Waals surface area contributed by atoms with Crippen LogP contribution in [0.25, 0.3) is 0 Å². The number of nitrogens with one attached hydrogen (secondary N) is 1. The summed E-state index contributed by atoms with van der Waals surface area (Å²) in [6.07, 6.45) is 0.00547. The Kier molecular flexibility index (Phi) is 5.59. The Morgan fingerprint density at radius 2 is 1.78 bits per heavy atom. The van der Waals surface area contributed by atoms with Gasteiger partial charge in [0.1, 0.15) is 0 Å². The summed E-state index contributed by atoms with van der Waals surface area (Å²) in [6, 6.07) is 0.254. The molecule has 0 aromatic carbocycles. The summed E-state index contributed by atoms with van der Waals surface area (Å²) < 4.78 is 5.40. The third kappa shape index (κ3) is 5.04. The molecule has 102 valence electrons. The van der Waals surface area contributed by atoms with Gasteiger partial charge < -0.3 is 10.1 Å². The highest BCUT2D eigenvalue weighted by Crippen LogP contribution is 2.14. The van der Waals surface area contributed by atoms with Gasteiger partial charge in [-0.25, -0.2) is 0 Å². The van der Waals surface area contributed by atoms with Gasteiger partial charge >= 0.3 is 6.01 Å². The minimum atomic E-state index is 0.00547. The fourth-order valence-electron chi connectivity index (χ4n) is 1.16. The van der Waals surface area contributed by atoms with E-state index in [2.05, 4.69) is 41.0 Å². The number of ether oxygens (including phenoxy) is 1. The average Bonchev–Trinajstić information content (AvgIpc) is 2.23. The molecular weight excluding hydrogens is 252 g/mol. The Hall–Kier alpha value is -1.10. The Balaban J connectivity index is 2.68. The number of aromatic nitrogens is 3. The quantitative estimate of drug-likeness (QED) is 0.863. The van der Waals surface area contributed by atoms with Gasteiger partial charge in [0.05, 0.1) is 6.10 Å². The third-order valence-corrected chi connectivity index (χ3v) is 2.82. The van der Waals surface area contributed by atoms with Gasteiger partial charge in [-0.05, 0) is 37.3 Å². The van der Waals surface area contributed by atoms with E-state index in [0.717, 1.165) is 6.54 Å². The van der Waals surface area contributed by atoms with E-state index in [1.807, 2.05) is 13.8 Å². The highest BCUT2D eigenvalue weighted by Gasteiger charge is 2.10. The van der Waals surface area contributed by atoms with Crippen molar-refractivity contribution in [2.45, 2.75) is 40.7 Å². The largest absolute Gasteiger partial charge is 0.461 e. The van der Waals surface area contributed by atoms with Gasteiger partial charge in [0.2, 0.25) is 11.2 Å². The van der Waals surface area contributed by atoms with E-state index < -0.39 is 0 Å². The lowest BCUT2D eigenvalue weighted by Gasteiger charge is -2.16. The zero-order chi connectivity index (χ0) is 13.7. The summed E-state index contributed by atoms with van der Waals surface area (Å²) in [6.45, 7) is 11.1. The summed E-state index contributed by atoms with van der Waals surface area (Å²) >= 11 is 5.83. The van der Waals surface area contributed by atoms with Gasteiger partial charge in [-0.2, -0.15) is 15.0 Å². The molecule has 1 unspecified atom stereocenters. The van der Waals surface area contributed by atoms with Gasteiger partial charge in [-0.1, -0.05) is 20.8 Å². The first-order valence-corrected chi connectivity index (χ1v) is 6.58. The normalized spacial score (nSPS) is 12.9. The van der Waals surface area contributed by atoms with Crippen LogP contribution < -0.4 is 10.1 Å². The third-order valence-electron chi connectivity index (χ3n) is 2.65. The van der Waals surface area contributed by atoms with Crippen molar-refractivity contribution in [3.63, 3.8) is 0 Å². The van der Waals surface area contributed by atoms with Crippen LogP contribution in [0, 0.1) is 11.8 Å². The lowest BCUT2D eigenvalue weighted by molar-refractivity contribution is 0.222. The van der Waals surface area contributed by atoms with Crippen LogP contribution in [0.1, 0.15) is 34.6 Å². The average molecular weight is 273 g/mol. The molecule has 1 N–H and O–H groups in total. The summed E-state index contributed by atoms with van der Waals surface area (Å²) in [5.74, 6) is 1.58. The standard InChI is InChI=1S/C12H21ClN4O/c1-7(2)9(5)6-14-11-15-10(13)16-12(17-11)18-8(3)4/h7-9H,6H2,1-5H3,(H,14,15,16,17). The maximum absolute atomic E-state index is 5.83. The summed E-state index contributed by atoms with van der Waals surface area (Å²) in [7, 11) is 0. The molecule has 6 heteroatoms. The molecule has 0 aliphatic rings. The molecule has 0 aliphatic heterocycles. The fourth-order valence-corrected chi connectivity index (χ4v) is 1.31. The number of hydrogen-bond acceptors (Lipinski definition) is 5. The molecule has 1 atom stereocenters. The van der Waals surface area contributed by atoms with Crippen molar-refractivity contribution in [2.75, 3.05) is 11.9 Å². The first-order chi connectivity index (χ1) is 8.38. The maximum Gasteiger partial charge on any atom is 0.322 e. The van der Waals surface area contributed by atoms with Crippen molar-refractivity contribution in [1.82, 2.24) is 15.0 Å². The van der Waals surface area contributed by atoms with Crippen LogP contribution in [-0.4, -0.2) is 27.6 Å². The zero-order valence-corrected chi connectivity index (χ0v) is 12.3. The summed E-state index contributed by atoms with van der Waals surface area (Å²) in [5.41, 5.74) is 0. The minimum absolute atomic E-state index is 0.00547. The van der Waals surface area contributed by atoms with Gasteiger partial charge in [-0.3, -0.25) is 0 Å². The fraction of sp³-hybridized carbons (Fsp3) is 0.750. The Bertz CT molecular complexity index is 384. The topological polar surface area (TPSA) is 59.9 Å². The molecule has 1 aromatic rings. The van der Waals surface area contributed by atoms with Crippen molar-refractivity contribution in [1.29, 1.82) is 0 Å². The Morgan fingerprint density at radius 1 is 1.11 bits per heavy atom. The van der Waals surface area contributed by atoms with Crippen LogP contribution >= 0.6 is 11.6 Å². The first-order valence-electron chi connectivity index (χ1n) is 6.20. The number of halogens is 1. The van der Waals surface area contributed by atoms with Crippen LogP contribution in [-0.2, 0) is 0 Å². The van der Waals surface area contributed by atoms with Gasteiger partial charge in [0.25, 0.3) is 0 Å². The van der Waals surface area contributed by atoms with Crippen molar-refractivity contribution in [2.24, 2.45) is 11.8 Å². The Morgan fingerprint density at radius 3 is 2.33 bits per heavy atom. The van der Waals surface area contributed by atoms with E-state index in [1.165, 1.54) is 0 Å². The second-order valence-electron chi connectivity index (χ2n) is 4.98. The zero-order valence-electron chi connectivity index (χ0n) is 11.6. The minimum Gasteiger partial charge on any atom is -0.461 e. The van der Waals surface area contributed by atoms with Gasteiger partial charge in [0, 0.05) is 6.54 Å². The van der Waals surface area contributed by atoms with Crippen LogP contribution in [0.4, 0.5) is 5.95 Å². The number of nitrogens with zero attached hydrogens (tertiary/aromatic N) is 3. The number of hydrogen-bond donors (Lipinski definition) is 1. The molecule has 0 amide bonds. The van der Waals surface area contributed by atoms with E-state index in [1.54, 1.807) is 0 Å². The molecule has 0 bridgehead atoms. The molecule has 0 saturated carbocycles. The van der Waals surface area contributed by atoms with E-state index >= 15 is 0 Å². The highest BCUT2D eigenvalue weighted by atomic mass is 35.5. The van der Waals surface area contributed by atoms with Crippen LogP contribution in [0.5, 0.6) is 6.01 Å². The molecule has 0 radical (unpaired) electrons. The van der Waals surface area contributed by atoms with Crippen LogP contribution in [0.3, 0.4) is 0 Å². The molecule has 0 aliphatic carbocycles. The molecule has 0 saturated heterocycles. The highest BCUT2D eigenvalue weighted by molar-refractivity contribution is 6.28.